The molecule has 1 heterocycles. The van der Waals surface area contributed by atoms with Crippen LogP contribution in [0, 0.1) is 6.92 Å². The van der Waals surface area contributed by atoms with Gasteiger partial charge in [-0.05, 0) is 38.8 Å². The maximum absolute atomic E-state index is 12.1. The number of Topliss-reactive ketones (excluding diaryl/α,β-unsaturated/α-hetero) is 1. The van der Waals surface area contributed by atoms with Gasteiger partial charge in [-0.3, -0.25) is 9.69 Å². The average Bonchev–Trinajstić information content (AvgIpc) is 2.83. The molecule has 0 aliphatic carbocycles. The summed E-state index contributed by atoms with van der Waals surface area (Å²) in [7, 11) is 0. The molecule has 1 atom stereocenters. The van der Waals surface area contributed by atoms with Gasteiger partial charge in [-0.1, -0.05) is 30.7 Å². The SMILES string of the molecule is CCC1CCCN1CCC(=O)c1cccc(C)c1. The quantitative estimate of drug-likeness (QED) is 0.741. The van der Waals surface area contributed by atoms with Gasteiger partial charge < -0.3 is 0 Å². The van der Waals surface area contributed by atoms with Crippen LogP contribution in [-0.4, -0.2) is 29.8 Å². The van der Waals surface area contributed by atoms with Gasteiger partial charge in [-0.2, -0.15) is 0 Å². The molecule has 98 valence electrons. The molecule has 2 nitrogen and oxygen atoms in total. The first-order valence-electron chi connectivity index (χ1n) is 7.04. The minimum atomic E-state index is 0.278. The molecule has 1 aliphatic heterocycles. The number of hydrogen-bond acceptors (Lipinski definition) is 2. The normalized spacial score (nSPS) is 20.2. The predicted molar refractivity (Wildman–Crippen MR) is 75.0 cm³/mol. The predicted octanol–water partition coefficient (Wildman–Crippen LogP) is 3.44. The van der Waals surface area contributed by atoms with Crippen molar-refractivity contribution in [3.8, 4) is 0 Å². The van der Waals surface area contributed by atoms with Gasteiger partial charge in [0.25, 0.3) is 0 Å². The van der Waals surface area contributed by atoms with E-state index in [-0.39, 0.29) is 5.78 Å². The van der Waals surface area contributed by atoms with Crippen LogP contribution in [0.1, 0.15) is 48.5 Å². The van der Waals surface area contributed by atoms with Crippen LogP contribution in [0.3, 0.4) is 0 Å². The molecular formula is C16H23NO. The van der Waals surface area contributed by atoms with E-state index in [1.54, 1.807) is 0 Å². The van der Waals surface area contributed by atoms with E-state index in [0.717, 1.165) is 17.7 Å². The number of hydrogen-bond donors (Lipinski definition) is 0. The standard InChI is InChI=1S/C16H23NO/c1-3-15-8-5-10-17(15)11-9-16(18)14-7-4-6-13(2)12-14/h4,6-7,12,15H,3,5,8-11H2,1-2H3. The highest BCUT2D eigenvalue weighted by Gasteiger charge is 2.22. The van der Waals surface area contributed by atoms with Gasteiger partial charge in [0.15, 0.2) is 5.78 Å². The summed E-state index contributed by atoms with van der Waals surface area (Å²) in [5.74, 6) is 0.278. The Labute approximate surface area is 110 Å². The average molecular weight is 245 g/mol. The molecule has 1 unspecified atom stereocenters. The number of aryl methyl sites for hydroxylation is 1. The van der Waals surface area contributed by atoms with Crippen LogP contribution in [0.25, 0.3) is 0 Å². The van der Waals surface area contributed by atoms with Crippen molar-refractivity contribution >= 4 is 5.78 Å². The summed E-state index contributed by atoms with van der Waals surface area (Å²) in [4.78, 5) is 14.6. The molecule has 0 spiro atoms. The molecule has 1 aromatic carbocycles. The topological polar surface area (TPSA) is 20.3 Å². The Kier molecular flexibility index (Phi) is 4.54. The van der Waals surface area contributed by atoms with Crippen molar-refractivity contribution in [2.24, 2.45) is 0 Å². The summed E-state index contributed by atoms with van der Waals surface area (Å²) in [6.07, 6.45) is 4.45. The Morgan fingerprint density at radius 3 is 3.00 bits per heavy atom. The first-order chi connectivity index (χ1) is 8.70. The number of likely N-dealkylation sites (tertiary alicyclic amines) is 1. The van der Waals surface area contributed by atoms with E-state index < -0.39 is 0 Å². The second-order valence-corrected chi connectivity index (χ2v) is 5.28. The third-order valence-corrected chi connectivity index (χ3v) is 3.94. The molecule has 0 saturated carbocycles. The summed E-state index contributed by atoms with van der Waals surface area (Å²) < 4.78 is 0. The third-order valence-electron chi connectivity index (χ3n) is 3.94. The molecule has 0 aromatic heterocycles. The van der Waals surface area contributed by atoms with Crippen molar-refractivity contribution in [1.29, 1.82) is 0 Å². The smallest absolute Gasteiger partial charge is 0.164 e. The first kappa shape index (κ1) is 13.3. The van der Waals surface area contributed by atoms with Gasteiger partial charge in [0.1, 0.15) is 0 Å². The Morgan fingerprint density at radius 2 is 2.28 bits per heavy atom. The molecule has 1 aromatic rings. The summed E-state index contributed by atoms with van der Waals surface area (Å²) in [5.41, 5.74) is 2.02. The molecule has 1 aliphatic rings. The van der Waals surface area contributed by atoms with Crippen LogP contribution in [0.2, 0.25) is 0 Å². The highest BCUT2D eigenvalue weighted by atomic mass is 16.1. The van der Waals surface area contributed by atoms with Crippen molar-refractivity contribution in [3.05, 3.63) is 35.4 Å². The van der Waals surface area contributed by atoms with E-state index in [1.807, 2.05) is 31.2 Å². The van der Waals surface area contributed by atoms with E-state index in [1.165, 1.54) is 25.8 Å². The largest absolute Gasteiger partial charge is 0.300 e. The molecule has 2 rings (SSSR count). The van der Waals surface area contributed by atoms with Gasteiger partial charge in [0.05, 0.1) is 0 Å². The van der Waals surface area contributed by atoms with Crippen LogP contribution in [0.4, 0.5) is 0 Å². The molecule has 0 N–H and O–H groups in total. The van der Waals surface area contributed by atoms with E-state index in [0.29, 0.717) is 12.5 Å². The van der Waals surface area contributed by atoms with Gasteiger partial charge >= 0.3 is 0 Å². The van der Waals surface area contributed by atoms with Gasteiger partial charge in [0, 0.05) is 24.6 Å². The Bertz CT molecular complexity index is 413. The Morgan fingerprint density at radius 1 is 1.44 bits per heavy atom. The number of carbonyl (C=O) groups excluding carboxylic acids is 1. The number of benzene rings is 1. The minimum absolute atomic E-state index is 0.278. The molecule has 1 fully saturated rings. The lowest BCUT2D eigenvalue weighted by Gasteiger charge is -2.22. The maximum Gasteiger partial charge on any atom is 0.164 e. The second kappa shape index (κ2) is 6.14. The highest BCUT2D eigenvalue weighted by molar-refractivity contribution is 5.96. The van der Waals surface area contributed by atoms with Crippen LogP contribution in [0.15, 0.2) is 24.3 Å². The molecule has 1 saturated heterocycles. The van der Waals surface area contributed by atoms with Crippen LogP contribution < -0.4 is 0 Å². The Hall–Kier alpha value is -1.15. The number of carbonyl (C=O) groups is 1. The lowest BCUT2D eigenvalue weighted by atomic mass is 10.1. The fraction of sp³-hybridized carbons (Fsp3) is 0.562. The first-order valence-corrected chi connectivity index (χ1v) is 7.04. The molecule has 2 heteroatoms. The highest BCUT2D eigenvalue weighted by Crippen LogP contribution is 2.20. The lowest BCUT2D eigenvalue weighted by molar-refractivity contribution is 0.0960. The number of rotatable bonds is 5. The number of ketones is 1. The zero-order valence-corrected chi connectivity index (χ0v) is 11.5. The lowest BCUT2D eigenvalue weighted by Crippen LogP contribution is -2.30. The van der Waals surface area contributed by atoms with E-state index in [9.17, 15) is 4.79 Å². The Balaban J connectivity index is 1.88. The number of nitrogens with zero attached hydrogens (tertiary/aromatic N) is 1. The van der Waals surface area contributed by atoms with Crippen molar-refractivity contribution < 1.29 is 4.79 Å². The monoisotopic (exact) mass is 245 g/mol. The van der Waals surface area contributed by atoms with E-state index in [4.69, 9.17) is 0 Å². The minimum Gasteiger partial charge on any atom is -0.300 e. The van der Waals surface area contributed by atoms with E-state index >= 15 is 0 Å². The fourth-order valence-electron chi connectivity index (χ4n) is 2.86. The molecule has 0 amide bonds. The molecule has 18 heavy (non-hydrogen) atoms. The molecule has 0 bridgehead atoms. The summed E-state index contributed by atoms with van der Waals surface area (Å²) in [6.45, 7) is 6.36. The van der Waals surface area contributed by atoms with Gasteiger partial charge in [-0.15, -0.1) is 0 Å². The zero-order chi connectivity index (χ0) is 13.0. The van der Waals surface area contributed by atoms with Crippen LogP contribution >= 0.6 is 0 Å². The molecule has 0 radical (unpaired) electrons. The van der Waals surface area contributed by atoms with Crippen molar-refractivity contribution in [2.45, 2.75) is 45.6 Å². The fourth-order valence-corrected chi connectivity index (χ4v) is 2.86. The van der Waals surface area contributed by atoms with Gasteiger partial charge in [-0.25, -0.2) is 0 Å². The summed E-state index contributed by atoms with van der Waals surface area (Å²) >= 11 is 0. The third kappa shape index (κ3) is 3.20. The summed E-state index contributed by atoms with van der Waals surface area (Å²) in [5, 5.41) is 0. The van der Waals surface area contributed by atoms with Crippen molar-refractivity contribution in [2.75, 3.05) is 13.1 Å². The molecular weight excluding hydrogens is 222 g/mol. The second-order valence-electron chi connectivity index (χ2n) is 5.28. The van der Waals surface area contributed by atoms with Crippen LogP contribution in [0.5, 0.6) is 0 Å². The zero-order valence-electron chi connectivity index (χ0n) is 11.5. The van der Waals surface area contributed by atoms with Crippen molar-refractivity contribution in [3.63, 3.8) is 0 Å². The van der Waals surface area contributed by atoms with Crippen LogP contribution in [-0.2, 0) is 0 Å². The maximum atomic E-state index is 12.1. The van der Waals surface area contributed by atoms with E-state index in [2.05, 4.69) is 11.8 Å². The summed E-state index contributed by atoms with van der Waals surface area (Å²) in [6, 6.07) is 8.62. The van der Waals surface area contributed by atoms with Gasteiger partial charge in [0.2, 0.25) is 0 Å². The van der Waals surface area contributed by atoms with Crippen molar-refractivity contribution in [1.82, 2.24) is 4.90 Å².